The van der Waals surface area contributed by atoms with E-state index in [1.807, 2.05) is 18.5 Å². The third-order valence-electron chi connectivity index (χ3n) is 3.64. The van der Waals surface area contributed by atoms with Crippen LogP contribution in [0.15, 0.2) is 36.9 Å². The van der Waals surface area contributed by atoms with E-state index in [9.17, 15) is 0 Å². The van der Waals surface area contributed by atoms with Crippen molar-refractivity contribution in [3.63, 3.8) is 0 Å². The first kappa shape index (κ1) is 17.0. The van der Waals surface area contributed by atoms with Crippen molar-refractivity contribution in [1.29, 1.82) is 0 Å². The molecule has 1 aliphatic rings. The normalized spacial score (nSPS) is 16.2. The van der Waals surface area contributed by atoms with E-state index in [-0.39, 0.29) is 24.8 Å². The number of halogens is 2. The topological polar surface area (TPSA) is 44.8 Å². The molecule has 0 aromatic carbocycles. The van der Waals surface area contributed by atoms with Crippen molar-refractivity contribution in [2.24, 2.45) is 0 Å². The fourth-order valence-electron chi connectivity index (χ4n) is 2.62. The van der Waals surface area contributed by atoms with Crippen molar-refractivity contribution in [1.82, 2.24) is 19.9 Å². The number of hydrogen-bond donors (Lipinski definition) is 1. The van der Waals surface area contributed by atoms with Gasteiger partial charge in [0.15, 0.2) is 0 Å². The van der Waals surface area contributed by atoms with Crippen LogP contribution in [-0.4, -0.2) is 32.9 Å². The van der Waals surface area contributed by atoms with Gasteiger partial charge in [-0.15, -0.1) is 24.8 Å². The van der Waals surface area contributed by atoms with Crippen LogP contribution in [0.5, 0.6) is 0 Å². The van der Waals surface area contributed by atoms with Gasteiger partial charge in [0.1, 0.15) is 0 Å². The molecule has 2 aromatic rings. The second-order valence-corrected chi connectivity index (χ2v) is 4.88. The molecule has 2 aromatic heterocycles. The van der Waals surface area contributed by atoms with Gasteiger partial charge in [0, 0.05) is 36.2 Å². The minimum absolute atomic E-state index is 0. The number of aromatic nitrogens is 3. The Hall–Kier alpha value is -1.10. The average Bonchev–Trinajstić information content (AvgIpc) is 2.94. The minimum Gasteiger partial charge on any atom is -0.347 e. The third-order valence-corrected chi connectivity index (χ3v) is 3.64. The van der Waals surface area contributed by atoms with Crippen LogP contribution >= 0.6 is 24.8 Å². The molecule has 0 unspecified atom stereocenters. The number of rotatable bonds is 3. The molecule has 0 radical (unpaired) electrons. The molecule has 0 saturated carbocycles. The van der Waals surface area contributed by atoms with Crippen molar-refractivity contribution in [2.45, 2.75) is 25.3 Å². The highest BCUT2D eigenvalue weighted by molar-refractivity contribution is 5.85. The molecule has 0 spiro atoms. The van der Waals surface area contributed by atoms with Crippen LogP contribution in [0.2, 0.25) is 0 Å². The van der Waals surface area contributed by atoms with Crippen LogP contribution < -0.4 is 0 Å². The highest BCUT2D eigenvalue weighted by Crippen LogP contribution is 2.26. The Bertz CT molecular complexity index is 467. The summed E-state index contributed by atoms with van der Waals surface area (Å²) in [6.07, 6.45) is 7.95. The molecule has 110 valence electrons. The number of likely N-dealkylation sites (tertiary alicyclic amines) is 1. The molecule has 4 nitrogen and oxygen atoms in total. The van der Waals surface area contributed by atoms with E-state index in [4.69, 9.17) is 0 Å². The predicted molar refractivity (Wildman–Crippen MR) is 84.6 cm³/mol. The summed E-state index contributed by atoms with van der Waals surface area (Å²) >= 11 is 0. The number of piperidine rings is 1. The van der Waals surface area contributed by atoms with Crippen molar-refractivity contribution >= 4 is 24.8 Å². The summed E-state index contributed by atoms with van der Waals surface area (Å²) in [4.78, 5) is 14.2. The Kier molecular flexibility index (Phi) is 6.99. The van der Waals surface area contributed by atoms with Crippen LogP contribution in [-0.2, 0) is 6.54 Å². The van der Waals surface area contributed by atoms with Gasteiger partial charge in [-0.25, -0.2) is 4.98 Å². The molecule has 1 N–H and O–H groups in total. The Labute approximate surface area is 131 Å². The van der Waals surface area contributed by atoms with Gasteiger partial charge < -0.3 is 4.98 Å². The van der Waals surface area contributed by atoms with Gasteiger partial charge in [0.2, 0.25) is 0 Å². The number of H-pyrrole nitrogens is 1. The summed E-state index contributed by atoms with van der Waals surface area (Å²) in [5.41, 5.74) is 2.45. The van der Waals surface area contributed by atoms with Crippen LogP contribution in [0.1, 0.15) is 30.1 Å². The summed E-state index contributed by atoms with van der Waals surface area (Å²) in [5.74, 6) is 0.629. The molecule has 1 aliphatic heterocycles. The van der Waals surface area contributed by atoms with Crippen LogP contribution in [0, 0.1) is 0 Å². The van der Waals surface area contributed by atoms with Crippen LogP contribution in [0.4, 0.5) is 0 Å². The van der Waals surface area contributed by atoms with Gasteiger partial charge in [-0.05, 0) is 38.1 Å². The van der Waals surface area contributed by atoms with E-state index in [2.05, 4.69) is 32.0 Å². The third kappa shape index (κ3) is 4.20. The summed E-state index contributed by atoms with van der Waals surface area (Å²) in [5, 5.41) is 0. The number of aromatic amines is 1. The fraction of sp³-hybridized carbons (Fsp3) is 0.429. The maximum Gasteiger partial charge on any atom is 0.0922 e. The predicted octanol–water partition coefficient (Wildman–Crippen LogP) is 3.03. The van der Waals surface area contributed by atoms with Crippen molar-refractivity contribution in [3.8, 4) is 0 Å². The summed E-state index contributed by atoms with van der Waals surface area (Å²) in [7, 11) is 0. The maximum absolute atomic E-state index is 4.47. The Morgan fingerprint density at radius 3 is 2.60 bits per heavy atom. The first-order valence-electron chi connectivity index (χ1n) is 6.52. The lowest BCUT2D eigenvalue weighted by Crippen LogP contribution is -2.32. The summed E-state index contributed by atoms with van der Waals surface area (Å²) in [6, 6.07) is 6.21. The summed E-state index contributed by atoms with van der Waals surface area (Å²) in [6.45, 7) is 3.26. The smallest absolute Gasteiger partial charge is 0.0922 e. The van der Waals surface area contributed by atoms with Crippen molar-refractivity contribution in [2.75, 3.05) is 13.1 Å². The molecular weight excluding hydrogens is 295 g/mol. The molecule has 20 heavy (non-hydrogen) atoms. The molecule has 6 heteroatoms. The van der Waals surface area contributed by atoms with Gasteiger partial charge in [-0.1, -0.05) is 6.07 Å². The molecule has 0 bridgehead atoms. The minimum atomic E-state index is 0. The fourth-order valence-corrected chi connectivity index (χ4v) is 2.62. The van der Waals surface area contributed by atoms with Crippen LogP contribution in [0.25, 0.3) is 0 Å². The molecule has 3 heterocycles. The standard InChI is InChI=1S/C14H18N4.2ClH/c1-2-6-16-14(3-1)12-4-7-18(8-5-12)10-13-9-15-11-17-13;;/h1-3,6,9,11-12H,4-5,7-8,10H2,(H,15,17);2*1H. The highest BCUT2D eigenvalue weighted by Gasteiger charge is 2.21. The van der Waals surface area contributed by atoms with E-state index in [0.717, 1.165) is 19.6 Å². The van der Waals surface area contributed by atoms with E-state index in [1.165, 1.54) is 24.2 Å². The van der Waals surface area contributed by atoms with Gasteiger partial charge in [0.25, 0.3) is 0 Å². The highest BCUT2D eigenvalue weighted by atomic mass is 35.5. The number of pyridine rings is 1. The number of hydrogen-bond acceptors (Lipinski definition) is 3. The van der Waals surface area contributed by atoms with E-state index in [1.54, 1.807) is 6.33 Å². The summed E-state index contributed by atoms with van der Waals surface area (Å²) < 4.78 is 0. The monoisotopic (exact) mass is 314 g/mol. The first-order valence-corrected chi connectivity index (χ1v) is 6.52. The lowest BCUT2D eigenvalue weighted by Gasteiger charge is -2.31. The van der Waals surface area contributed by atoms with E-state index < -0.39 is 0 Å². The molecule has 0 amide bonds. The number of nitrogens with zero attached hydrogens (tertiary/aromatic N) is 3. The second-order valence-electron chi connectivity index (χ2n) is 4.88. The molecule has 0 aliphatic carbocycles. The molecule has 0 atom stereocenters. The Morgan fingerprint density at radius 2 is 2.00 bits per heavy atom. The maximum atomic E-state index is 4.47. The Balaban J connectivity index is 0.000001000. The molecule has 1 saturated heterocycles. The van der Waals surface area contributed by atoms with Gasteiger partial charge in [0.05, 0.1) is 6.33 Å². The van der Waals surface area contributed by atoms with Gasteiger partial charge >= 0.3 is 0 Å². The van der Waals surface area contributed by atoms with Crippen LogP contribution in [0.3, 0.4) is 0 Å². The van der Waals surface area contributed by atoms with E-state index >= 15 is 0 Å². The lowest BCUT2D eigenvalue weighted by atomic mass is 9.93. The number of imidazole rings is 1. The molecule has 3 rings (SSSR count). The van der Waals surface area contributed by atoms with Gasteiger partial charge in [-0.2, -0.15) is 0 Å². The van der Waals surface area contributed by atoms with Crippen molar-refractivity contribution < 1.29 is 0 Å². The van der Waals surface area contributed by atoms with E-state index in [0.29, 0.717) is 5.92 Å². The van der Waals surface area contributed by atoms with Crippen molar-refractivity contribution in [3.05, 3.63) is 48.3 Å². The second kappa shape index (κ2) is 8.25. The quantitative estimate of drug-likeness (QED) is 0.947. The zero-order chi connectivity index (χ0) is 12.2. The largest absolute Gasteiger partial charge is 0.347 e. The van der Waals surface area contributed by atoms with Gasteiger partial charge in [-0.3, -0.25) is 9.88 Å². The Morgan fingerprint density at radius 1 is 1.20 bits per heavy atom. The lowest BCUT2D eigenvalue weighted by molar-refractivity contribution is 0.201. The zero-order valence-electron chi connectivity index (χ0n) is 11.2. The average molecular weight is 315 g/mol. The molecular formula is C14H20Cl2N4. The number of nitrogens with one attached hydrogen (secondary N) is 1. The zero-order valence-corrected chi connectivity index (χ0v) is 12.9. The first-order chi connectivity index (χ1) is 8.92. The molecule has 1 fully saturated rings. The SMILES string of the molecule is Cl.Cl.c1ccc(C2CCN(Cc3cnc[nH]3)CC2)nc1.